The van der Waals surface area contributed by atoms with Gasteiger partial charge in [0.2, 0.25) is 0 Å². The number of carbonyl (C=O) groups excluding carboxylic acids is 1. The predicted octanol–water partition coefficient (Wildman–Crippen LogP) is 3.00. The van der Waals surface area contributed by atoms with E-state index in [0.29, 0.717) is 12.6 Å². The minimum atomic E-state index is -0.406. The van der Waals surface area contributed by atoms with Crippen molar-refractivity contribution in [1.82, 2.24) is 4.90 Å². The molecule has 0 saturated heterocycles. The lowest BCUT2D eigenvalue weighted by atomic mass is 10.2. The van der Waals surface area contributed by atoms with Crippen molar-refractivity contribution in [1.29, 1.82) is 0 Å². The zero-order valence-corrected chi connectivity index (χ0v) is 12.0. The van der Waals surface area contributed by atoms with Crippen molar-refractivity contribution in [2.45, 2.75) is 59.1 Å². The Labute approximate surface area is 106 Å². The van der Waals surface area contributed by atoms with Crippen molar-refractivity contribution in [3.63, 3.8) is 0 Å². The summed E-state index contributed by atoms with van der Waals surface area (Å²) in [6.07, 6.45) is 3.81. The molecular formula is C14H27NO2. The third kappa shape index (κ3) is 7.97. The second-order valence-corrected chi connectivity index (χ2v) is 5.43. The number of nitrogens with zero attached hydrogens (tertiary/aromatic N) is 1. The lowest BCUT2D eigenvalue weighted by Crippen LogP contribution is -2.40. The van der Waals surface area contributed by atoms with E-state index >= 15 is 0 Å². The molecule has 0 aromatic heterocycles. The highest BCUT2D eigenvalue weighted by molar-refractivity contribution is 5.72. The van der Waals surface area contributed by atoms with E-state index in [4.69, 9.17) is 4.74 Å². The number of esters is 1. The van der Waals surface area contributed by atoms with Crippen LogP contribution < -0.4 is 0 Å². The summed E-state index contributed by atoms with van der Waals surface area (Å²) in [7, 11) is 0. The van der Waals surface area contributed by atoms with Gasteiger partial charge < -0.3 is 4.74 Å². The Kier molecular flexibility index (Phi) is 7.12. The molecule has 0 aromatic rings. The summed E-state index contributed by atoms with van der Waals surface area (Å²) in [5.41, 5.74) is -0.406. The first-order valence-corrected chi connectivity index (χ1v) is 6.37. The van der Waals surface area contributed by atoms with Gasteiger partial charge in [0.1, 0.15) is 5.60 Å². The van der Waals surface area contributed by atoms with E-state index in [1.807, 2.05) is 26.8 Å². The molecule has 0 fully saturated rings. The first kappa shape index (κ1) is 16.2. The van der Waals surface area contributed by atoms with Gasteiger partial charge >= 0.3 is 5.97 Å². The summed E-state index contributed by atoms with van der Waals surface area (Å²) in [4.78, 5) is 13.9. The molecular weight excluding hydrogens is 214 g/mol. The van der Waals surface area contributed by atoms with Gasteiger partial charge in [0.15, 0.2) is 0 Å². The Morgan fingerprint density at radius 3 is 2.47 bits per heavy atom. The van der Waals surface area contributed by atoms with E-state index in [0.717, 1.165) is 19.4 Å². The summed E-state index contributed by atoms with van der Waals surface area (Å²) in [5.74, 6) is -0.151. The summed E-state index contributed by atoms with van der Waals surface area (Å²) < 4.78 is 5.34. The van der Waals surface area contributed by atoms with Crippen LogP contribution in [0.3, 0.4) is 0 Å². The van der Waals surface area contributed by atoms with Gasteiger partial charge in [-0.05, 0) is 47.1 Å². The maximum Gasteiger partial charge on any atom is 0.320 e. The monoisotopic (exact) mass is 241 g/mol. The third-order valence-corrected chi connectivity index (χ3v) is 2.39. The van der Waals surface area contributed by atoms with Crippen LogP contribution in [0, 0.1) is 0 Å². The van der Waals surface area contributed by atoms with Crippen LogP contribution >= 0.6 is 0 Å². The Balaban J connectivity index is 4.33. The van der Waals surface area contributed by atoms with Crippen LogP contribution in [-0.4, -0.2) is 35.6 Å². The summed E-state index contributed by atoms with van der Waals surface area (Å²) >= 11 is 0. The van der Waals surface area contributed by atoms with Gasteiger partial charge in [0.05, 0.1) is 6.54 Å². The Morgan fingerprint density at radius 1 is 1.47 bits per heavy atom. The van der Waals surface area contributed by atoms with E-state index in [-0.39, 0.29) is 5.97 Å². The molecule has 17 heavy (non-hydrogen) atoms. The Hall–Kier alpha value is -0.830. The van der Waals surface area contributed by atoms with Crippen molar-refractivity contribution in [2.75, 3.05) is 13.1 Å². The average molecular weight is 241 g/mol. The molecule has 0 amide bonds. The van der Waals surface area contributed by atoms with Crippen LogP contribution in [0.4, 0.5) is 0 Å². The molecule has 0 aliphatic rings. The zero-order valence-electron chi connectivity index (χ0n) is 12.0. The highest BCUT2D eigenvalue weighted by atomic mass is 16.6. The Morgan fingerprint density at radius 2 is 2.06 bits per heavy atom. The largest absolute Gasteiger partial charge is 0.459 e. The molecule has 0 rings (SSSR count). The fourth-order valence-electron chi connectivity index (χ4n) is 1.67. The van der Waals surface area contributed by atoms with Crippen molar-refractivity contribution in [3.05, 3.63) is 12.7 Å². The highest BCUT2D eigenvalue weighted by Crippen LogP contribution is 2.10. The van der Waals surface area contributed by atoms with Gasteiger partial charge in [-0.15, -0.1) is 6.58 Å². The first-order chi connectivity index (χ1) is 7.80. The summed E-state index contributed by atoms with van der Waals surface area (Å²) in [6.45, 7) is 14.9. The molecule has 0 N–H and O–H groups in total. The maximum atomic E-state index is 11.8. The van der Waals surface area contributed by atoms with E-state index < -0.39 is 5.60 Å². The van der Waals surface area contributed by atoms with Crippen molar-refractivity contribution >= 4 is 5.97 Å². The molecule has 0 aliphatic heterocycles. The molecule has 1 unspecified atom stereocenters. The van der Waals surface area contributed by atoms with Gasteiger partial charge in [-0.3, -0.25) is 9.69 Å². The minimum Gasteiger partial charge on any atom is -0.459 e. The molecule has 100 valence electrons. The van der Waals surface area contributed by atoms with Crippen molar-refractivity contribution < 1.29 is 9.53 Å². The van der Waals surface area contributed by atoms with Crippen LogP contribution in [0.25, 0.3) is 0 Å². The molecule has 0 aliphatic carbocycles. The standard InChI is InChI=1S/C14H27NO2/c1-7-9-12(3)15(10-8-2)11-13(16)17-14(4,5)6/h7,12H,1,8-11H2,2-6H3. The summed E-state index contributed by atoms with van der Waals surface area (Å²) in [5, 5.41) is 0. The number of hydrogen-bond donors (Lipinski definition) is 0. The maximum absolute atomic E-state index is 11.8. The van der Waals surface area contributed by atoms with Gasteiger partial charge in [-0.1, -0.05) is 13.0 Å². The van der Waals surface area contributed by atoms with Gasteiger partial charge in [0, 0.05) is 6.04 Å². The van der Waals surface area contributed by atoms with Gasteiger partial charge in [0.25, 0.3) is 0 Å². The topological polar surface area (TPSA) is 29.5 Å². The Bertz CT molecular complexity index is 243. The molecule has 1 atom stereocenters. The van der Waals surface area contributed by atoms with Crippen LogP contribution in [-0.2, 0) is 9.53 Å². The normalized spacial score (nSPS) is 13.5. The van der Waals surface area contributed by atoms with E-state index in [1.54, 1.807) is 0 Å². The smallest absolute Gasteiger partial charge is 0.320 e. The second kappa shape index (κ2) is 7.49. The predicted molar refractivity (Wildman–Crippen MR) is 72.0 cm³/mol. The van der Waals surface area contributed by atoms with E-state index in [9.17, 15) is 4.79 Å². The molecule has 0 bridgehead atoms. The number of hydrogen-bond acceptors (Lipinski definition) is 3. The fourth-order valence-corrected chi connectivity index (χ4v) is 1.67. The van der Waals surface area contributed by atoms with E-state index in [1.165, 1.54) is 0 Å². The van der Waals surface area contributed by atoms with Crippen molar-refractivity contribution in [3.8, 4) is 0 Å². The molecule has 3 nitrogen and oxygen atoms in total. The van der Waals surface area contributed by atoms with Crippen LogP contribution in [0.1, 0.15) is 47.5 Å². The zero-order chi connectivity index (χ0) is 13.5. The molecule has 3 heteroatoms. The quantitative estimate of drug-likeness (QED) is 0.507. The first-order valence-electron chi connectivity index (χ1n) is 6.37. The fraction of sp³-hybridized carbons (Fsp3) is 0.786. The second-order valence-electron chi connectivity index (χ2n) is 5.43. The molecule has 0 radical (unpaired) electrons. The number of carbonyl (C=O) groups is 1. The van der Waals surface area contributed by atoms with Crippen LogP contribution in [0.15, 0.2) is 12.7 Å². The third-order valence-electron chi connectivity index (χ3n) is 2.39. The molecule has 0 aromatic carbocycles. The number of ether oxygens (including phenoxy) is 1. The number of rotatable bonds is 7. The summed E-state index contributed by atoms with van der Waals surface area (Å²) in [6, 6.07) is 0.333. The highest BCUT2D eigenvalue weighted by Gasteiger charge is 2.20. The lowest BCUT2D eigenvalue weighted by Gasteiger charge is -2.28. The molecule has 0 spiro atoms. The van der Waals surface area contributed by atoms with Crippen LogP contribution in [0.2, 0.25) is 0 Å². The average Bonchev–Trinajstić information content (AvgIpc) is 2.14. The van der Waals surface area contributed by atoms with Gasteiger partial charge in [-0.2, -0.15) is 0 Å². The minimum absolute atomic E-state index is 0.151. The van der Waals surface area contributed by atoms with E-state index in [2.05, 4.69) is 25.3 Å². The molecule has 0 saturated carbocycles. The lowest BCUT2D eigenvalue weighted by molar-refractivity contribution is -0.156. The van der Waals surface area contributed by atoms with Crippen LogP contribution in [0.5, 0.6) is 0 Å². The van der Waals surface area contributed by atoms with Gasteiger partial charge in [-0.25, -0.2) is 0 Å². The SMILES string of the molecule is C=CCC(C)N(CCC)CC(=O)OC(C)(C)C. The van der Waals surface area contributed by atoms with Crippen molar-refractivity contribution in [2.24, 2.45) is 0 Å². The molecule has 0 heterocycles.